The first-order valence-corrected chi connectivity index (χ1v) is 7.02. The summed E-state index contributed by atoms with van der Waals surface area (Å²) < 4.78 is 5.74. The Balaban J connectivity index is 2.04. The standard InChI is InChI=1S/C13H22ClNO2/c1-8-9(2)17-10(3)12(8)13(16)15-6-4-5-11(14)7-15/h8-12H,4-7H2,1-3H3. The van der Waals surface area contributed by atoms with E-state index in [1.807, 2.05) is 11.8 Å². The van der Waals surface area contributed by atoms with E-state index in [1.165, 1.54) is 0 Å². The molecule has 2 aliphatic rings. The zero-order valence-corrected chi connectivity index (χ0v) is 11.6. The molecule has 0 spiro atoms. The predicted octanol–water partition coefficient (Wildman–Crippen LogP) is 2.28. The second-order valence-corrected chi connectivity index (χ2v) is 6.07. The van der Waals surface area contributed by atoms with Crippen LogP contribution in [-0.2, 0) is 9.53 Å². The maximum absolute atomic E-state index is 12.5. The lowest BCUT2D eigenvalue weighted by Crippen LogP contribution is -2.46. The summed E-state index contributed by atoms with van der Waals surface area (Å²) in [7, 11) is 0. The average molecular weight is 260 g/mol. The molecule has 3 nitrogen and oxygen atoms in total. The van der Waals surface area contributed by atoms with Gasteiger partial charge in [-0.15, -0.1) is 11.6 Å². The second-order valence-electron chi connectivity index (χ2n) is 5.45. The molecule has 2 fully saturated rings. The lowest BCUT2D eigenvalue weighted by molar-refractivity contribution is -0.138. The first kappa shape index (κ1) is 13.2. The number of carbonyl (C=O) groups is 1. The van der Waals surface area contributed by atoms with Crippen molar-refractivity contribution < 1.29 is 9.53 Å². The van der Waals surface area contributed by atoms with Gasteiger partial charge in [0.25, 0.3) is 0 Å². The number of ether oxygens (including phenoxy) is 1. The van der Waals surface area contributed by atoms with E-state index in [1.54, 1.807) is 0 Å². The average Bonchev–Trinajstić information content (AvgIpc) is 2.52. The Morgan fingerprint density at radius 3 is 2.53 bits per heavy atom. The monoisotopic (exact) mass is 259 g/mol. The van der Waals surface area contributed by atoms with E-state index in [2.05, 4.69) is 13.8 Å². The van der Waals surface area contributed by atoms with Crippen molar-refractivity contribution in [2.45, 2.75) is 51.2 Å². The molecular formula is C13H22ClNO2. The minimum Gasteiger partial charge on any atom is -0.374 e. The predicted molar refractivity (Wildman–Crippen MR) is 68.1 cm³/mol. The fourth-order valence-corrected chi connectivity index (χ4v) is 3.35. The summed E-state index contributed by atoms with van der Waals surface area (Å²) in [6.07, 6.45) is 2.25. The van der Waals surface area contributed by atoms with Crippen LogP contribution in [0.3, 0.4) is 0 Å². The van der Waals surface area contributed by atoms with Gasteiger partial charge in [-0.05, 0) is 32.6 Å². The van der Waals surface area contributed by atoms with Crippen molar-refractivity contribution in [2.75, 3.05) is 13.1 Å². The Hall–Kier alpha value is -0.280. The summed E-state index contributed by atoms with van der Waals surface area (Å²) in [5, 5.41) is 0.123. The molecule has 0 N–H and O–H groups in total. The topological polar surface area (TPSA) is 29.5 Å². The summed E-state index contributed by atoms with van der Waals surface area (Å²) in [5.41, 5.74) is 0. The van der Waals surface area contributed by atoms with Gasteiger partial charge in [-0.1, -0.05) is 6.92 Å². The van der Waals surface area contributed by atoms with Gasteiger partial charge in [0.2, 0.25) is 5.91 Å². The highest BCUT2D eigenvalue weighted by atomic mass is 35.5. The molecule has 0 radical (unpaired) electrons. The molecule has 1 amide bonds. The number of rotatable bonds is 1. The van der Waals surface area contributed by atoms with Crippen molar-refractivity contribution >= 4 is 17.5 Å². The molecule has 0 aliphatic carbocycles. The zero-order valence-electron chi connectivity index (χ0n) is 10.9. The fraction of sp³-hybridized carbons (Fsp3) is 0.923. The van der Waals surface area contributed by atoms with Crippen molar-refractivity contribution in [3.8, 4) is 0 Å². The van der Waals surface area contributed by atoms with E-state index < -0.39 is 0 Å². The van der Waals surface area contributed by atoms with Crippen LogP contribution in [0.15, 0.2) is 0 Å². The van der Waals surface area contributed by atoms with E-state index in [0.29, 0.717) is 12.5 Å². The van der Waals surface area contributed by atoms with Gasteiger partial charge in [0, 0.05) is 13.1 Å². The summed E-state index contributed by atoms with van der Waals surface area (Å²) in [6.45, 7) is 7.72. The van der Waals surface area contributed by atoms with E-state index in [9.17, 15) is 4.79 Å². The van der Waals surface area contributed by atoms with Gasteiger partial charge in [-0.2, -0.15) is 0 Å². The molecular weight excluding hydrogens is 238 g/mol. The SMILES string of the molecule is CC1OC(C)C(C(=O)N2CCCC(Cl)C2)C1C. The number of piperidine rings is 1. The molecule has 4 heteroatoms. The van der Waals surface area contributed by atoms with E-state index in [-0.39, 0.29) is 29.4 Å². The van der Waals surface area contributed by atoms with Crippen LogP contribution in [0.2, 0.25) is 0 Å². The van der Waals surface area contributed by atoms with Crippen molar-refractivity contribution in [3.63, 3.8) is 0 Å². The molecule has 2 heterocycles. The maximum Gasteiger partial charge on any atom is 0.228 e. The number of hydrogen-bond acceptors (Lipinski definition) is 2. The Morgan fingerprint density at radius 1 is 1.29 bits per heavy atom. The third-order valence-electron chi connectivity index (χ3n) is 4.20. The number of amides is 1. The number of halogens is 1. The minimum absolute atomic E-state index is 0.00645. The summed E-state index contributed by atoms with van der Waals surface area (Å²) in [6, 6.07) is 0. The van der Waals surface area contributed by atoms with Crippen molar-refractivity contribution in [1.29, 1.82) is 0 Å². The summed E-state index contributed by atoms with van der Waals surface area (Å²) >= 11 is 6.14. The van der Waals surface area contributed by atoms with Gasteiger partial charge in [0.15, 0.2) is 0 Å². The molecule has 0 aromatic carbocycles. The zero-order chi connectivity index (χ0) is 12.6. The third kappa shape index (κ3) is 2.60. The van der Waals surface area contributed by atoms with Crippen molar-refractivity contribution in [3.05, 3.63) is 0 Å². The van der Waals surface area contributed by atoms with Crippen LogP contribution < -0.4 is 0 Å². The molecule has 0 bridgehead atoms. The maximum atomic E-state index is 12.5. The van der Waals surface area contributed by atoms with Gasteiger partial charge in [0.05, 0.1) is 23.5 Å². The lowest BCUT2D eigenvalue weighted by Gasteiger charge is -2.33. The van der Waals surface area contributed by atoms with Crippen LogP contribution in [0.1, 0.15) is 33.6 Å². The molecule has 0 saturated carbocycles. The largest absolute Gasteiger partial charge is 0.374 e. The molecule has 5 atom stereocenters. The van der Waals surface area contributed by atoms with Crippen LogP contribution in [0.25, 0.3) is 0 Å². The quantitative estimate of drug-likeness (QED) is 0.676. The number of likely N-dealkylation sites (tertiary alicyclic amines) is 1. The smallest absolute Gasteiger partial charge is 0.228 e. The van der Waals surface area contributed by atoms with Crippen molar-refractivity contribution in [1.82, 2.24) is 4.90 Å². The van der Waals surface area contributed by atoms with E-state index >= 15 is 0 Å². The van der Waals surface area contributed by atoms with Gasteiger partial charge in [-0.3, -0.25) is 4.79 Å². The van der Waals surface area contributed by atoms with Crippen LogP contribution in [0.5, 0.6) is 0 Å². The van der Waals surface area contributed by atoms with Crippen LogP contribution >= 0.6 is 11.6 Å². The van der Waals surface area contributed by atoms with Gasteiger partial charge >= 0.3 is 0 Å². The number of alkyl halides is 1. The third-order valence-corrected chi connectivity index (χ3v) is 4.56. The molecule has 2 rings (SSSR count). The van der Waals surface area contributed by atoms with Crippen LogP contribution in [-0.4, -0.2) is 41.5 Å². The highest BCUT2D eigenvalue weighted by Gasteiger charge is 2.43. The second kappa shape index (κ2) is 5.15. The number of hydrogen-bond donors (Lipinski definition) is 0. The van der Waals surface area contributed by atoms with Crippen LogP contribution in [0, 0.1) is 11.8 Å². The number of nitrogens with zero attached hydrogens (tertiary/aromatic N) is 1. The van der Waals surface area contributed by atoms with Gasteiger partial charge in [0.1, 0.15) is 0 Å². The molecule has 98 valence electrons. The summed E-state index contributed by atoms with van der Waals surface area (Å²) in [5.74, 6) is 0.542. The fourth-order valence-electron chi connectivity index (χ4n) is 3.03. The Morgan fingerprint density at radius 2 is 2.00 bits per heavy atom. The van der Waals surface area contributed by atoms with Gasteiger partial charge < -0.3 is 9.64 Å². The molecule has 2 saturated heterocycles. The first-order chi connectivity index (χ1) is 8.00. The Labute approximate surface area is 108 Å². The van der Waals surface area contributed by atoms with E-state index in [0.717, 1.165) is 19.4 Å². The first-order valence-electron chi connectivity index (χ1n) is 6.59. The Kier molecular flexibility index (Phi) is 3.99. The Bertz CT molecular complexity index is 297. The molecule has 0 aromatic heterocycles. The number of carbonyl (C=O) groups excluding carboxylic acids is 1. The molecule has 17 heavy (non-hydrogen) atoms. The van der Waals surface area contributed by atoms with E-state index in [4.69, 9.17) is 16.3 Å². The molecule has 2 aliphatic heterocycles. The van der Waals surface area contributed by atoms with Gasteiger partial charge in [-0.25, -0.2) is 0 Å². The highest BCUT2D eigenvalue weighted by Crippen LogP contribution is 2.34. The lowest BCUT2D eigenvalue weighted by atomic mass is 9.88. The normalized spacial score (nSPS) is 42.8. The molecule has 5 unspecified atom stereocenters. The molecule has 0 aromatic rings. The summed E-state index contributed by atoms with van der Waals surface area (Å²) in [4.78, 5) is 14.4. The highest BCUT2D eigenvalue weighted by molar-refractivity contribution is 6.20. The minimum atomic E-state index is 0.00645. The van der Waals surface area contributed by atoms with Crippen LogP contribution in [0.4, 0.5) is 0 Å². The van der Waals surface area contributed by atoms with Crippen molar-refractivity contribution in [2.24, 2.45) is 11.8 Å².